The molecule has 0 spiro atoms. The van der Waals surface area contributed by atoms with Gasteiger partial charge in [0.25, 0.3) is 11.1 Å². The van der Waals surface area contributed by atoms with Crippen molar-refractivity contribution in [3.8, 4) is 0 Å². The van der Waals surface area contributed by atoms with E-state index >= 15 is 0 Å². The Labute approximate surface area is 177 Å². The molecule has 1 fully saturated rings. The Balaban J connectivity index is 1.35. The van der Waals surface area contributed by atoms with E-state index in [0.29, 0.717) is 12.0 Å². The van der Waals surface area contributed by atoms with Crippen molar-refractivity contribution in [1.82, 2.24) is 15.5 Å². The second-order valence-corrected chi connectivity index (χ2v) is 7.47. The first kappa shape index (κ1) is 21.3. The third kappa shape index (κ3) is 4.27. The normalized spacial score (nSPS) is 17.7. The van der Waals surface area contributed by atoms with E-state index in [9.17, 15) is 32.3 Å². The Bertz CT molecular complexity index is 1310. The summed E-state index contributed by atoms with van der Waals surface area (Å²) in [5.41, 5.74) is -1.11. The number of H-pyrrole nitrogens is 2. The minimum atomic E-state index is -4.42. The molecule has 2 amide bonds. The summed E-state index contributed by atoms with van der Waals surface area (Å²) in [6.45, 7) is -0.369. The van der Waals surface area contributed by atoms with Crippen LogP contribution in [0.2, 0.25) is 0 Å². The highest BCUT2D eigenvalue weighted by molar-refractivity contribution is 6.03. The highest BCUT2D eigenvalue weighted by atomic mass is 19.4. The number of hydrogen-bond donors (Lipinski definition) is 4. The van der Waals surface area contributed by atoms with Gasteiger partial charge in [0.15, 0.2) is 0 Å². The van der Waals surface area contributed by atoms with E-state index in [1.165, 1.54) is 30.3 Å². The van der Waals surface area contributed by atoms with Gasteiger partial charge >= 0.3 is 6.18 Å². The van der Waals surface area contributed by atoms with Crippen molar-refractivity contribution in [2.45, 2.75) is 18.5 Å². The van der Waals surface area contributed by atoms with Crippen LogP contribution in [0.4, 0.5) is 18.9 Å². The number of carbonyl (C=O) groups excluding carboxylic acids is 2. The number of hydrogen-bond acceptors (Lipinski definition) is 4. The van der Waals surface area contributed by atoms with Gasteiger partial charge in [-0.2, -0.15) is 13.2 Å². The molecule has 0 saturated heterocycles. The van der Waals surface area contributed by atoms with Gasteiger partial charge in [-0.05, 0) is 42.2 Å². The summed E-state index contributed by atoms with van der Waals surface area (Å²) in [4.78, 5) is 48.4. The molecule has 0 radical (unpaired) electrons. The highest BCUT2D eigenvalue weighted by Gasteiger charge is 2.44. The van der Waals surface area contributed by atoms with Crippen molar-refractivity contribution in [3.63, 3.8) is 0 Å². The van der Waals surface area contributed by atoms with Crippen LogP contribution >= 0.6 is 0 Å². The Kier molecular flexibility index (Phi) is 5.33. The van der Waals surface area contributed by atoms with Crippen LogP contribution in [0.15, 0.2) is 52.1 Å². The molecule has 3 aromatic rings. The Morgan fingerprint density at radius 3 is 2.38 bits per heavy atom. The predicted octanol–water partition coefficient (Wildman–Crippen LogP) is 2.09. The Hall–Kier alpha value is -3.89. The molecule has 32 heavy (non-hydrogen) atoms. The summed E-state index contributed by atoms with van der Waals surface area (Å²) in [5, 5.41) is 9.48. The van der Waals surface area contributed by atoms with Crippen molar-refractivity contribution in [2.75, 3.05) is 11.9 Å². The molecule has 1 aliphatic rings. The molecule has 2 atom stereocenters. The number of alkyl halides is 3. The van der Waals surface area contributed by atoms with Crippen LogP contribution in [0.25, 0.3) is 10.8 Å². The van der Waals surface area contributed by atoms with Gasteiger partial charge < -0.3 is 10.6 Å². The molecule has 11 heteroatoms. The lowest BCUT2D eigenvalue weighted by Crippen LogP contribution is -2.34. The van der Waals surface area contributed by atoms with Gasteiger partial charge in [0, 0.05) is 5.92 Å². The lowest BCUT2D eigenvalue weighted by atomic mass is 10.1. The molecule has 2 unspecified atom stereocenters. The highest BCUT2D eigenvalue weighted by Crippen LogP contribution is 2.47. The maximum atomic E-state index is 12.7. The van der Waals surface area contributed by atoms with Crippen LogP contribution in [-0.4, -0.2) is 28.6 Å². The number of rotatable bonds is 5. The third-order valence-electron chi connectivity index (χ3n) is 5.32. The second-order valence-electron chi connectivity index (χ2n) is 7.47. The smallest absolute Gasteiger partial charge is 0.347 e. The van der Waals surface area contributed by atoms with E-state index in [4.69, 9.17) is 0 Å². The van der Waals surface area contributed by atoms with Gasteiger partial charge in [-0.3, -0.25) is 29.4 Å². The van der Waals surface area contributed by atoms with Gasteiger partial charge in [0.1, 0.15) is 0 Å². The lowest BCUT2D eigenvalue weighted by Gasteiger charge is -2.09. The fourth-order valence-electron chi connectivity index (χ4n) is 3.60. The zero-order chi connectivity index (χ0) is 23.0. The molecule has 1 heterocycles. The van der Waals surface area contributed by atoms with E-state index in [-0.39, 0.29) is 28.9 Å². The van der Waals surface area contributed by atoms with Crippen LogP contribution in [0.3, 0.4) is 0 Å². The minimum Gasteiger partial charge on any atom is -0.347 e. The monoisotopic (exact) mass is 446 g/mol. The maximum Gasteiger partial charge on any atom is 0.416 e. The number of fused-ring (bicyclic) bond motifs is 1. The Morgan fingerprint density at radius 1 is 1.00 bits per heavy atom. The van der Waals surface area contributed by atoms with Gasteiger partial charge in [0.05, 0.1) is 28.6 Å². The largest absolute Gasteiger partial charge is 0.416 e. The van der Waals surface area contributed by atoms with Gasteiger partial charge in [-0.15, -0.1) is 0 Å². The molecule has 0 aliphatic heterocycles. The average molecular weight is 446 g/mol. The van der Waals surface area contributed by atoms with Crippen molar-refractivity contribution in [1.29, 1.82) is 0 Å². The van der Waals surface area contributed by atoms with E-state index in [2.05, 4.69) is 20.8 Å². The number of aromatic amines is 2. The van der Waals surface area contributed by atoms with Gasteiger partial charge in [-0.25, -0.2) is 0 Å². The number of amides is 2. The maximum absolute atomic E-state index is 12.7. The third-order valence-corrected chi connectivity index (χ3v) is 5.32. The molecular formula is C21H17F3N4O4. The standard InChI is InChI=1S/C21H17F3N4O4/c22-21(23,24)11-6-4-10(5-7-11)13-8-14(13)18(30)25-9-16(29)26-15-3-1-2-12-17(15)20(32)28-27-19(12)31/h1-7,13-14H,8-9H2,(H,25,30)(H,26,29)(H,27,31)(H,28,32). The molecular weight excluding hydrogens is 429 g/mol. The zero-order valence-corrected chi connectivity index (χ0v) is 16.4. The number of nitrogens with one attached hydrogen (secondary N) is 4. The number of anilines is 1. The van der Waals surface area contributed by atoms with E-state index in [1.54, 1.807) is 0 Å². The van der Waals surface area contributed by atoms with Gasteiger partial charge in [-0.1, -0.05) is 18.2 Å². The molecule has 166 valence electrons. The first-order chi connectivity index (χ1) is 15.1. The molecule has 1 aromatic heterocycles. The van der Waals surface area contributed by atoms with E-state index < -0.39 is 40.6 Å². The number of aromatic nitrogens is 2. The molecule has 8 nitrogen and oxygen atoms in total. The predicted molar refractivity (Wildman–Crippen MR) is 109 cm³/mol. The van der Waals surface area contributed by atoms with Crippen LogP contribution < -0.4 is 21.8 Å². The van der Waals surface area contributed by atoms with Gasteiger partial charge in [0.2, 0.25) is 11.8 Å². The lowest BCUT2D eigenvalue weighted by molar-refractivity contribution is -0.137. The number of halogens is 3. The minimum absolute atomic E-state index is 0.0143. The molecule has 4 rings (SSSR count). The summed E-state index contributed by atoms with van der Waals surface area (Å²) in [6.07, 6.45) is -3.95. The van der Waals surface area contributed by atoms with E-state index in [1.807, 2.05) is 0 Å². The first-order valence-electron chi connectivity index (χ1n) is 9.63. The number of carbonyl (C=O) groups is 2. The summed E-state index contributed by atoms with van der Waals surface area (Å²) < 4.78 is 38.0. The topological polar surface area (TPSA) is 124 Å². The molecule has 1 saturated carbocycles. The molecule has 0 bridgehead atoms. The Morgan fingerprint density at radius 2 is 1.69 bits per heavy atom. The second kappa shape index (κ2) is 7.98. The first-order valence-corrected chi connectivity index (χ1v) is 9.63. The molecule has 4 N–H and O–H groups in total. The van der Waals surface area contributed by atoms with Crippen LogP contribution in [0, 0.1) is 5.92 Å². The van der Waals surface area contributed by atoms with Crippen LogP contribution in [0.1, 0.15) is 23.5 Å². The average Bonchev–Trinajstić information content (AvgIpc) is 3.55. The van der Waals surface area contributed by atoms with Crippen molar-refractivity contribution < 1.29 is 22.8 Å². The molecule has 1 aliphatic carbocycles. The quantitative estimate of drug-likeness (QED) is 0.479. The fraction of sp³-hybridized carbons (Fsp3) is 0.238. The van der Waals surface area contributed by atoms with Crippen LogP contribution in [0.5, 0.6) is 0 Å². The summed E-state index contributed by atoms with van der Waals surface area (Å²) in [5.74, 6) is -1.63. The van der Waals surface area contributed by atoms with Crippen molar-refractivity contribution in [2.24, 2.45) is 5.92 Å². The summed E-state index contributed by atoms with van der Waals surface area (Å²) in [6, 6.07) is 9.07. The van der Waals surface area contributed by atoms with Crippen LogP contribution in [-0.2, 0) is 15.8 Å². The fourth-order valence-corrected chi connectivity index (χ4v) is 3.60. The summed E-state index contributed by atoms with van der Waals surface area (Å²) in [7, 11) is 0. The van der Waals surface area contributed by atoms with E-state index in [0.717, 1.165) is 12.1 Å². The van der Waals surface area contributed by atoms with Crippen molar-refractivity contribution >= 4 is 28.3 Å². The zero-order valence-electron chi connectivity index (χ0n) is 16.4. The number of benzene rings is 2. The van der Waals surface area contributed by atoms with Crippen molar-refractivity contribution in [3.05, 3.63) is 74.3 Å². The summed E-state index contributed by atoms with van der Waals surface area (Å²) >= 11 is 0. The molecule has 2 aromatic carbocycles. The SMILES string of the molecule is O=C(CNC(=O)C1CC1c1ccc(C(F)(F)F)cc1)Nc1cccc2c(=O)[nH][nH]c(=O)c12.